The van der Waals surface area contributed by atoms with Crippen LogP contribution in [0.4, 0.5) is 0 Å². The Morgan fingerprint density at radius 3 is 1.88 bits per heavy atom. The number of nitrogens with zero attached hydrogens (tertiary/aromatic N) is 2. The molecule has 0 fully saturated rings. The highest BCUT2D eigenvalue weighted by atomic mass is 32.1. The van der Waals surface area contributed by atoms with Crippen molar-refractivity contribution in [3.63, 3.8) is 0 Å². The molecule has 4 aromatic rings. The third kappa shape index (κ3) is 2.29. The Balaban J connectivity index is 1.72. The summed E-state index contributed by atoms with van der Waals surface area (Å²) in [7, 11) is 0. The maximum atomic E-state index is 6.37. The Morgan fingerprint density at radius 2 is 1.23 bits per heavy atom. The molecule has 5 rings (SSSR count). The van der Waals surface area contributed by atoms with Crippen molar-refractivity contribution in [2.75, 3.05) is 0 Å². The average molecular weight is 358 g/mol. The lowest BCUT2D eigenvalue weighted by Gasteiger charge is -2.27. The Kier molecular flexibility index (Phi) is 3.47. The van der Waals surface area contributed by atoms with Crippen molar-refractivity contribution in [3.8, 4) is 22.8 Å². The van der Waals surface area contributed by atoms with Crippen LogP contribution in [0.3, 0.4) is 0 Å². The monoisotopic (exact) mass is 358 g/mol. The Hall–Kier alpha value is -3.18. The minimum atomic E-state index is -1.15. The Bertz CT molecular complexity index is 1020. The van der Waals surface area contributed by atoms with Crippen molar-refractivity contribution in [2.45, 2.75) is 5.79 Å². The van der Waals surface area contributed by atoms with E-state index in [9.17, 15) is 0 Å². The second kappa shape index (κ2) is 5.97. The topological polar surface area (TPSA) is 44.2 Å². The third-order valence-electron chi connectivity index (χ3n) is 4.36. The van der Waals surface area contributed by atoms with Crippen molar-refractivity contribution in [2.24, 2.45) is 0 Å². The van der Waals surface area contributed by atoms with Crippen molar-refractivity contribution in [3.05, 3.63) is 96.2 Å². The smallest absolute Gasteiger partial charge is 0.326 e. The van der Waals surface area contributed by atoms with E-state index in [-0.39, 0.29) is 0 Å². The van der Waals surface area contributed by atoms with Crippen LogP contribution in [0.5, 0.6) is 11.5 Å². The number of hydrogen-bond donors (Lipinski definition) is 0. The van der Waals surface area contributed by atoms with E-state index in [0.29, 0.717) is 17.2 Å². The Labute approximate surface area is 155 Å². The van der Waals surface area contributed by atoms with Gasteiger partial charge < -0.3 is 9.47 Å². The van der Waals surface area contributed by atoms with Gasteiger partial charge in [0.2, 0.25) is 0 Å². The zero-order valence-electron chi connectivity index (χ0n) is 13.7. The van der Waals surface area contributed by atoms with Gasteiger partial charge in [-0.1, -0.05) is 72.8 Å². The van der Waals surface area contributed by atoms with Crippen LogP contribution in [0.2, 0.25) is 0 Å². The lowest BCUT2D eigenvalue weighted by atomic mass is 9.98. The fourth-order valence-electron chi connectivity index (χ4n) is 3.15. The molecule has 5 heteroatoms. The van der Waals surface area contributed by atoms with Gasteiger partial charge in [0.1, 0.15) is 5.69 Å². The van der Waals surface area contributed by atoms with E-state index >= 15 is 0 Å². The third-order valence-corrected chi connectivity index (χ3v) is 4.89. The van der Waals surface area contributed by atoms with Gasteiger partial charge in [-0.2, -0.15) is 8.75 Å². The minimum absolute atomic E-state index is 0.663. The molecule has 1 aliphatic rings. The zero-order valence-corrected chi connectivity index (χ0v) is 14.5. The lowest BCUT2D eigenvalue weighted by Crippen LogP contribution is -2.37. The molecule has 0 N–H and O–H groups in total. The fraction of sp³-hybridized carbons (Fsp3) is 0.0476. The maximum Gasteiger partial charge on any atom is 0.326 e. The van der Waals surface area contributed by atoms with E-state index in [0.717, 1.165) is 28.5 Å². The number of aromatic nitrogens is 2. The first-order valence-electron chi connectivity index (χ1n) is 8.28. The molecule has 2 heterocycles. The zero-order chi connectivity index (χ0) is 17.4. The standard InChI is InChI=1S/C21H14N2O2S/c1-3-9-15(10-4-1)19-20(23-26-22-19)21(16-11-5-2-6-12-16)24-17-13-7-8-14-18(17)25-21/h1-14H. The molecule has 126 valence electrons. The molecular formula is C21H14N2O2S. The molecule has 1 aromatic heterocycles. The normalized spacial score (nSPS) is 14.3. The molecule has 0 saturated heterocycles. The molecule has 0 unspecified atom stereocenters. The first-order valence-corrected chi connectivity index (χ1v) is 9.01. The van der Waals surface area contributed by atoms with Crippen molar-refractivity contribution < 1.29 is 9.47 Å². The molecule has 0 atom stereocenters. The number of benzene rings is 3. The summed E-state index contributed by atoms with van der Waals surface area (Å²) in [5, 5.41) is 0. The van der Waals surface area contributed by atoms with Gasteiger partial charge in [-0.15, -0.1) is 0 Å². The van der Waals surface area contributed by atoms with Gasteiger partial charge >= 0.3 is 5.79 Å². The molecule has 26 heavy (non-hydrogen) atoms. The lowest BCUT2D eigenvalue weighted by molar-refractivity contribution is -0.0485. The second-order valence-corrected chi connectivity index (χ2v) is 6.49. The SMILES string of the molecule is c1ccc(-c2nsnc2C2(c3ccccc3)Oc3ccccc3O2)cc1. The van der Waals surface area contributed by atoms with E-state index in [1.54, 1.807) is 0 Å². The summed E-state index contributed by atoms with van der Waals surface area (Å²) >= 11 is 1.16. The van der Waals surface area contributed by atoms with Crippen molar-refractivity contribution in [1.82, 2.24) is 8.75 Å². The van der Waals surface area contributed by atoms with Crippen LogP contribution in [0.1, 0.15) is 11.3 Å². The molecule has 0 spiro atoms. The number of ether oxygens (including phenoxy) is 2. The van der Waals surface area contributed by atoms with Gasteiger partial charge in [0.05, 0.1) is 11.7 Å². The van der Waals surface area contributed by atoms with Crippen LogP contribution in [0.25, 0.3) is 11.3 Å². The van der Waals surface area contributed by atoms with Crippen molar-refractivity contribution in [1.29, 1.82) is 0 Å². The summed E-state index contributed by atoms with van der Waals surface area (Å²) in [5.41, 5.74) is 3.29. The van der Waals surface area contributed by atoms with Gasteiger partial charge in [-0.25, -0.2) is 0 Å². The quantitative estimate of drug-likeness (QED) is 0.524. The van der Waals surface area contributed by atoms with Gasteiger partial charge in [-0.05, 0) is 12.1 Å². The van der Waals surface area contributed by atoms with Crippen LogP contribution in [0, 0.1) is 0 Å². The van der Waals surface area contributed by atoms with Crippen LogP contribution in [0.15, 0.2) is 84.9 Å². The van der Waals surface area contributed by atoms with Crippen LogP contribution >= 0.6 is 11.7 Å². The average Bonchev–Trinajstić information content (AvgIpc) is 3.35. The second-order valence-electron chi connectivity index (χ2n) is 5.96. The molecule has 0 amide bonds. The summed E-state index contributed by atoms with van der Waals surface area (Å²) in [6.45, 7) is 0. The van der Waals surface area contributed by atoms with Crippen LogP contribution in [-0.2, 0) is 5.79 Å². The van der Waals surface area contributed by atoms with Crippen molar-refractivity contribution >= 4 is 11.7 Å². The maximum absolute atomic E-state index is 6.37. The van der Waals surface area contributed by atoms with E-state index in [1.165, 1.54) is 0 Å². The largest absolute Gasteiger partial charge is 0.439 e. The molecule has 0 radical (unpaired) electrons. The summed E-state index contributed by atoms with van der Waals surface area (Å²) in [6, 6.07) is 27.5. The van der Waals surface area contributed by atoms with E-state index in [1.807, 2.05) is 84.9 Å². The first-order chi connectivity index (χ1) is 12.9. The number of fused-ring (bicyclic) bond motifs is 1. The summed E-state index contributed by atoms with van der Waals surface area (Å²) in [5.74, 6) is 0.245. The predicted octanol–water partition coefficient (Wildman–Crippen LogP) is 4.88. The number of para-hydroxylation sites is 2. The summed E-state index contributed by atoms with van der Waals surface area (Å²) in [6.07, 6.45) is 0. The minimum Gasteiger partial charge on any atom is -0.439 e. The molecule has 4 nitrogen and oxygen atoms in total. The van der Waals surface area contributed by atoms with Gasteiger partial charge in [0.25, 0.3) is 0 Å². The first kappa shape index (κ1) is 15.1. The molecule has 0 bridgehead atoms. The number of rotatable bonds is 3. The molecule has 0 saturated carbocycles. The van der Waals surface area contributed by atoms with Gasteiger partial charge in [-0.3, -0.25) is 0 Å². The van der Waals surface area contributed by atoms with E-state index in [4.69, 9.17) is 9.47 Å². The highest BCUT2D eigenvalue weighted by Gasteiger charge is 2.49. The Morgan fingerprint density at radius 1 is 0.654 bits per heavy atom. The summed E-state index contributed by atoms with van der Waals surface area (Å²) < 4.78 is 21.9. The van der Waals surface area contributed by atoms with Crippen LogP contribution < -0.4 is 9.47 Å². The van der Waals surface area contributed by atoms with Gasteiger partial charge in [0.15, 0.2) is 17.2 Å². The van der Waals surface area contributed by atoms with Crippen LogP contribution in [-0.4, -0.2) is 8.75 Å². The molecule has 0 aliphatic carbocycles. The van der Waals surface area contributed by atoms with E-state index < -0.39 is 5.79 Å². The molecule has 3 aromatic carbocycles. The van der Waals surface area contributed by atoms with E-state index in [2.05, 4.69) is 8.75 Å². The number of hydrogen-bond acceptors (Lipinski definition) is 5. The fourth-order valence-corrected chi connectivity index (χ4v) is 3.75. The van der Waals surface area contributed by atoms with Gasteiger partial charge in [0, 0.05) is 11.1 Å². The summed E-state index contributed by atoms with van der Waals surface area (Å²) in [4.78, 5) is 0. The molecule has 1 aliphatic heterocycles. The highest BCUT2D eigenvalue weighted by molar-refractivity contribution is 6.99. The predicted molar refractivity (Wildman–Crippen MR) is 100 cm³/mol. The highest BCUT2D eigenvalue weighted by Crippen LogP contribution is 2.48. The molecular weight excluding hydrogens is 344 g/mol.